The van der Waals surface area contributed by atoms with Crippen LogP contribution >= 0.6 is 11.8 Å². The van der Waals surface area contributed by atoms with Crippen molar-refractivity contribution in [3.05, 3.63) is 11.8 Å². The maximum absolute atomic E-state index is 11.6. The average molecular weight is 255 g/mol. The van der Waals surface area contributed by atoms with Gasteiger partial charge < -0.3 is 10.5 Å². The molecule has 0 radical (unpaired) electrons. The molecule has 0 amide bonds. The van der Waals surface area contributed by atoms with Gasteiger partial charge in [-0.1, -0.05) is 18.7 Å². The van der Waals surface area contributed by atoms with Crippen LogP contribution < -0.4 is 5.73 Å². The predicted octanol–water partition coefficient (Wildman–Crippen LogP) is 1.80. The molecule has 0 saturated heterocycles. The van der Waals surface area contributed by atoms with Gasteiger partial charge in [-0.15, -0.1) is 0 Å². The highest BCUT2D eigenvalue weighted by Crippen LogP contribution is 2.24. The Morgan fingerprint density at radius 1 is 1.53 bits per heavy atom. The van der Waals surface area contributed by atoms with E-state index in [1.165, 1.54) is 11.8 Å². The van der Waals surface area contributed by atoms with Crippen LogP contribution in [-0.4, -0.2) is 27.8 Å². The first kappa shape index (κ1) is 13.8. The molecule has 1 rings (SSSR count). The summed E-state index contributed by atoms with van der Waals surface area (Å²) in [5, 5.41) is 0.235. The lowest BCUT2D eigenvalue weighted by molar-refractivity contribution is -0.142. The first-order valence-corrected chi connectivity index (χ1v) is 6.39. The third-order valence-electron chi connectivity index (χ3n) is 2.02. The summed E-state index contributed by atoms with van der Waals surface area (Å²) in [5.74, 6) is 0.183. The number of aryl methyl sites for hydroxylation is 1. The molecule has 0 aliphatic heterocycles. The molecule has 5 nitrogen and oxygen atoms in total. The smallest absolute Gasteiger partial charge is 0.319 e. The maximum atomic E-state index is 11.6. The molecular weight excluding hydrogens is 238 g/mol. The molecule has 0 aliphatic carbocycles. The molecule has 2 N–H and O–H groups in total. The van der Waals surface area contributed by atoms with Gasteiger partial charge in [0.1, 0.15) is 11.1 Å². The number of rotatable bonds is 5. The van der Waals surface area contributed by atoms with Gasteiger partial charge in [-0.25, -0.2) is 9.97 Å². The van der Waals surface area contributed by atoms with Crippen molar-refractivity contribution in [2.45, 2.75) is 37.6 Å². The van der Waals surface area contributed by atoms with Gasteiger partial charge in [0, 0.05) is 11.8 Å². The van der Waals surface area contributed by atoms with E-state index in [1.54, 1.807) is 13.0 Å². The van der Waals surface area contributed by atoms with Gasteiger partial charge in [0.05, 0.1) is 6.61 Å². The Kier molecular flexibility index (Phi) is 5.21. The van der Waals surface area contributed by atoms with E-state index in [9.17, 15) is 4.79 Å². The summed E-state index contributed by atoms with van der Waals surface area (Å²) >= 11 is 1.29. The Labute approximate surface area is 105 Å². The first-order valence-electron chi connectivity index (χ1n) is 5.51. The standard InChI is InChI=1S/C11H17N3O2S/c1-4-8(10(15)16-5-2)17-11-13-7(3)6-9(12)14-11/h6,8H,4-5H2,1-3H3,(H2,12,13,14). The van der Waals surface area contributed by atoms with Gasteiger partial charge in [0.2, 0.25) is 0 Å². The monoisotopic (exact) mass is 255 g/mol. The minimum Gasteiger partial charge on any atom is -0.465 e. The summed E-state index contributed by atoms with van der Waals surface area (Å²) < 4.78 is 4.98. The highest BCUT2D eigenvalue weighted by Gasteiger charge is 2.20. The Morgan fingerprint density at radius 3 is 2.76 bits per heavy atom. The molecule has 94 valence electrons. The van der Waals surface area contributed by atoms with Crippen LogP contribution in [0.2, 0.25) is 0 Å². The highest BCUT2D eigenvalue weighted by molar-refractivity contribution is 8.00. The van der Waals surface area contributed by atoms with Crippen LogP contribution in [0, 0.1) is 6.92 Å². The number of ether oxygens (including phenoxy) is 1. The zero-order valence-corrected chi connectivity index (χ0v) is 11.1. The number of anilines is 1. The molecule has 17 heavy (non-hydrogen) atoms. The number of hydrogen-bond acceptors (Lipinski definition) is 6. The lowest BCUT2D eigenvalue weighted by Gasteiger charge is -2.12. The van der Waals surface area contributed by atoms with Crippen molar-refractivity contribution >= 4 is 23.5 Å². The second kappa shape index (κ2) is 6.44. The van der Waals surface area contributed by atoms with Crippen LogP contribution in [0.25, 0.3) is 0 Å². The van der Waals surface area contributed by atoms with Crippen molar-refractivity contribution in [1.82, 2.24) is 9.97 Å². The summed E-state index contributed by atoms with van der Waals surface area (Å²) in [6.07, 6.45) is 0.667. The summed E-state index contributed by atoms with van der Waals surface area (Å²) in [5.41, 5.74) is 6.42. The van der Waals surface area contributed by atoms with E-state index in [1.807, 2.05) is 13.8 Å². The topological polar surface area (TPSA) is 78.1 Å². The first-order chi connectivity index (χ1) is 8.06. The molecule has 1 atom stereocenters. The van der Waals surface area contributed by atoms with E-state index in [2.05, 4.69) is 9.97 Å². The van der Waals surface area contributed by atoms with Crippen molar-refractivity contribution in [3.63, 3.8) is 0 Å². The fourth-order valence-corrected chi connectivity index (χ4v) is 2.22. The Balaban J connectivity index is 2.76. The van der Waals surface area contributed by atoms with E-state index in [-0.39, 0.29) is 11.2 Å². The molecule has 1 heterocycles. The molecule has 1 aromatic heterocycles. The number of nitrogen functional groups attached to an aromatic ring is 1. The molecule has 1 unspecified atom stereocenters. The van der Waals surface area contributed by atoms with Crippen LogP contribution in [-0.2, 0) is 9.53 Å². The van der Waals surface area contributed by atoms with Crippen LogP contribution in [0.3, 0.4) is 0 Å². The number of thioether (sulfide) groups is 1. The molecular formula is C11H17N3O2S. The minimum absolute atomic E-state index is 0.233. The zero-order chi connectivity index (χ0) is 12.8. The van der Waals surface area contributed by atoms with E-state index in [4.69, 9.17) is 10.5 Å². The molecule has 0 bridgehead atoms. The number of esters is 1. The number of nitrogens with zero attached hydrogens (tertiary/aromatic N) is 2. The molecule has 6 heteroatoms. The number of aromatic nitrogens is 2. The van der Waals surface area contributed by atoms with Crippen molar-refractivity contribution in [3.8, 4) is 0 Å². The molecule has 0 fully saturated rings. The molecule has 0 spiro atoms. The molecule has 0 aromatic carbocycles. The number of hydrogen-bond donors (Lipinski definition) is 1. The predicted molar refractivity (Wildman–Crippen MR) is 67.8 cm³/mol. The van der Waals surface area contributed by atoms with E-state index in [0.29, 0.717) is 24.0 Å². The second-order valence-electron chi connectivity index (χ2n) is 3.48. The summed E-state index contributed by atoms with van der Waals surface area (Å²) in [4.78, 5) is 19.9. The van der Waals surface area contributed by atoms with Crippen molar-refractivity contribution in [2.24, 2.45) is 0 Å². The molecule has 0 saturated carbocycles. The number of nitrogens with two attached hydrogens (primary N) is 1. The fourth-order valence-electron chi connectivity index (χ4n) is 1.28. The second-order valence-corrected chi connectivity index (χ2v) is 4.65. The SMILES string of the molecule is CCOC(=O)C(CC)Sc1nc(C)cc(N)n1. The van der Waals surface area contributed by atoms with Crippen LogP contribution in [0.1, 0.15) is 26.0 Å². The van der Waals surface area contributed by atoms with Gasteiger partial charge in [-0.05, 0) is 20.3 Å². The largest absolute Gasteiger partial charge is 0.465 e. The van der Waals surface area contributed by atoms with Crippen molar-refractivity contribution in [1.29, 1.82) is 0 Å². The summed E-state index contributed by atoms with van der Waals surface area (Å²) in [6.45, 7) is 5.93. The van der Waals surface area contributed by atoms with E-state index < -0.39 is 0 Å². The van der Waals surface area contributed by atoms with Crippen LogP contribution in [0.15, 0.2) is 11.2 Å². The molecule has 1 aromatic rings. The van der Waals surface area contributed by atoms with Crippen molar-refractivity contribution in [2.75, 3.05) is 12.3 Å². The average Bonchev–Trinajstić information content (AvgIpc) is 2.24. The Hall–Kier alpha value is -1.30. The Morgan fingerprint density at radius 2 is 2.24 bits per heavy atom. The lowest BCUT2D eigenvalue weighted by Crippen LogP contribution is -2.19. The van der Waals surface area contributed by atoms with Gasteiger partial charge in [0.15, 0.2) is 5.16 Å². The summed E-state index contributed by atoms with van der Waals surface area (Å²) in [7, 11) is 0. The maximum Gasteiger partial charge on any atom is 0.319 e. The van der Waals surface area contributed by atoms with Gasteiger partial charge in [-0.3, -0.25) is 4.79 Å². The lowest BCUT2D eigenvalue weighted by atomic mass is 10.3. The number of carbonyl (C=O) groups is 1. The fraction of sp³-hybridized carbons (Fsp3) is 0.545. The van der Waals surface area contributed by atoms with Gasteiger partial charge in [0.25, 0.3) is 0 Å². The third kappa shape index (κ3) is 4.22. The quantitative estimate of drug-likeness (QED) is 0.491. The highest BCUT2D eigenvalue weighted by atomic mass is 32.2. The van der Waals surface area contributed by atoms with Gasteiger partial charge in [-0.2, -0.15) is 0 Å². The molecule has 0 aliphatic rings. The Bertz CT molecular complexity index is 378. The van der Waals surface area contributed by atoms with Crippen molar-refractivity contribution < 1.29 is 9.53 Å². The number of carbonyl (C=O) groups excluding carboxylic acids is 1. The summed E-state index contributed by atoms with van der Waals surface area (Å²) in [6, 6.07) is 1.69. The van der Waals surface area contributed by atoms with Crippen LogP contribution in [0.5, 0.6) is 0 Å². The van der Waals surface area contributed by atoms with Crippen LogP contribution in [0.4, 0.5) is 5.82 Å². The zero-order valence-electron chi connectivity index (χ0n) is 10.3. The minimum atomic E-state index is -0.281. The van der Waals surface area contributed by atoms with Gasteiger partial charge >= 0.3 is 5.97 Å². The van der Waals surface area contributed by atoms with E-state index in [0.717, 1.165) is 5.69 Å². The normalized spacial score (nSPS) is 12.2. The third-order valence-corrected chi connectivity index (χ3v) is 3.23. The van der Waals surface area contributed by atoms with E-state index >= 15 is 0 Å².